The molecule has 0 amide bonds. The first-order chi connectivity index (χ1) is 12.5. The van der Waals surface area contributed by atoms with Crippen molar-refractivity contribution in [1.82, 2.24) is 0 Å². The van der Waals surface area contributed by atoms with Crippen LogP contribution in [0.15, 0.2) is 30.0 Å². The van der Waals surface area contributed by atoms with E-state index in [-0.39, 0.29) is 24.5 Å². The molecule has 0 spiro atoms. The number of thiol groups is 1. The first-order valence-electron chi connectivity index (χ1n) is 8.17. The second-order valence-corrected chi connectivity index (χ2v) is 6.40. The molecule has 0 heterocycles. The summed E-state index contributed by atoms with van der Waals surface area (Å²) < 4.78 is 16.4. The van der Waals surface area contributed by atoms with Gasteiger partial charge < -0.3 is 13.7 Å². The van der Waals surface area contributed by atoms with E-state index >= 15 is 0 Å². The van der Waals surface area contributed by atoms with Gasteiger partial charge in [-0.1, -0.05) is 12.1 Å². The van der Waals surface area contributed by atoms with Gasteiger partial charge in [-0.05, 0) is 24.6 Å². The molecule has 3 rings (SSSR count). The largest absolute Gasteiger partial charge is 0.493 e. The van der Waals surface area contributed by atoms with Gasteiger partial charge in [-0.3, -0.25) is 14.9 Å². The minimum atomic E-state index is -0.914. The number of nitrogens with zero attached hydrogens (tertiary/aromatic N) is 1. The number of hydrogen-bond donors (Lipinski definition) is 1. The Morgan fingerprint density at radius 3 is 2.81 bits per heavy atom. The van der Waals surface area contributed by atoms with E-state index in [2.05, 4.69) is 12.9 Å². The van der Waals surface area contributed by atoms with Crippen LogP contribution in [0.2, 0.25) is 0 Å². The van der Waals surface area contributed by atoms with E-state index in [0.29, 0.717) is 29.2 Å². The van der Waals surface area contributed by atoms with Crippen molar-refractivity contribution in [3.8, 4) is 11.5 Å². The maximum atomic E-state index is 12.0. The molecule has 0 fully saturated rings. The summed E-state index contributed by atoms with van der Waals surface area (Å²) in [6, 6.07) is 3.41. The van der Waals surface area contributed by atoms with Crippen molar-refractivity contribution in [2.45, 2.75) is 18.8 Å². The third-order valence-electron chi connectivity index (χ3n) is 4.94. The number of allylic oxidation sites excluding steroid dienone is 2. The molecule has 0 saturated carbocycles. The zero-order valence-electron chi connectivity index (χ0n) is 14.4. The molecule has 0 saturated heterocycles. The van der Waals surface area contributed by atoms with Gasteiger partial charge in [0, 0.05) is 37.6 Å². The van der Waals surface area contributed by atoms with E-state index in [0.717, 1.165) is 0 Å². The lowest BCUT2D eigenvalue weighted by molar-refractivity contribution is -0.434. The predicted octanol–water partition coefficient (Wildman–Crippen LogP) is 2.97. The summed E-state index contributed by atoms with van der Waals surface area (Å²) in [5.41, 5.74) is 0.379. The molecule has 2 unspecified atom stereocenters. The van der Waals surface area contributed by atoms with Crippen molar-refractivity contribution in [1.29, 1.82) is 0 Å². The van der Waals surface area contributed by atoms with Gasteiger partial charge in [-0.25, -0.2) is 0 Å². The lowest BCUT2D eigenvalue weighted by atomic mass is 9.61. The summed E-state index contributed by atoms with van der Waals surface area (Å²) in [6.07, 6.45) is 4.68. The van der Waals surface area contributed by atoms with Crippen molar-refractivity contribution >= 4 is 24.8 Å². The molecule has 0 radical (unpaired) electrons. The number of methoxy groups -OCH3 is 1. The highest BCUT2D eigenvalue weighted by Crippen LogP contribution is 2.54. The Hall–Kier alpha value is -2.32. The molecule has 26 heavy (non-hydrogen) atoms. The van der Waals surface area contributed by atoms with Crippen molar-refractivity contribution in [2.75, 3.05) is 20.3 Å². The average molecular weight is 377 g/mol. The predicted molar refractivity (Wildman–Crippen MR) is 98.0 cm³/mol. The standard InChI is InChI=1S/C18H19NO6S/c1-3-24-10-18-7-6-12(20)9-13(18)14(19(21)22)8-11-4-5-15(23-2)17(25-26)16(11)18/h4-8,13,26H,3,9-10H2,1-2H3. The van der Waals surface area contributed by atoms with E-state index in [9.17, 15) is 14.9 Å². The van der Waals surface area contributed by atoms with E-state index in [4.69, 9.17) is 13.7 Å². The fourth-order valence-corrected chi connectivity index (χ4v) is 3.98. The van der Waals surface area contributed by atoms with E-state index in [1.165, 1.54) is 19.3 Å². The van der Waals surface area contributed by atoms with Crippen LogP contribution in [-0.2, 0) is 14.9 Å². The summed E-state index contributed by atoms with van der Waals surface area (Å²) in [5.74, 6) is 0.00487. The minimum absolute atomic E-state index is 0.00909. The summed E-state index contributed by atoms with van der Waals surface area (Å²) in [4.78, 5) is 23.3. The van der Waals surface area contributed by atoms with Crippen LogP contribution < -0.4 is 8.92 Å². The lowest BCUT2D eigenvalue weighted by Crippen LogP contribution is -2.46. The van der Waals surface area contributed by atoms with Crippen LogP contribution in [0.1, 0.15) is 24.5 Å². The molecule has 0 aromatic heterocycles. The van der Waals surface area contributed by atoms with Crippen LogP contribution in [-0.4, -0.2) is 31.0 Å². The normalized spacial score (nSPS) is 23.7. The van der Waals surface area contributed by atoms with Gasteiger partial charge in [0.15, 0.2) is 17.3 Å². The maximum Gasteiger partial charge on any atom is 0.251 e. The number of hydrogen-bond acceptors (Lipinski definition) is 7. The molecule has 0 N–H and O–H groups in total. The number of rotatable bonds is 6. The molecule has 2 aliphatic rings. The summed E-state index contributed by atoms with van der Waals surface area (Å²) in [6.45, 7) is 2.45. The third-order valence-corrected chi connectivity index (χ3v) is 5.12. The van der Waals surface area contributed by atoms with Gasteiger partial charge in [-0.15, -0.1) is 0 Å². The summed E-state index contributed by atoms with van der Waals surface area (Å²) in [7, 11) is 1.51. The quantitative estimate of drug-likeness (QED) is 0.355. The molecule has 138 valence electrons. The highest BCUT2D eigenvalue weighted by atomic mass is 32.1. The van der Waals surface area contributed by atoms with Gasteiger partial charge in [0.2, 0.25) is 0 Å². The number of nitro groups is 1. The van der Waals surface area contributed by atoms with Crippen molar-refractivity contribution in [3.05, 3.63) is 51.2 Å². The topological polar surface area (TPSA) is 87.9 Å². The third kappa shape index (κ3) is 2.79. The molecular formula is C18H19NO6S. The van der Waals surface area contributed by atoms with Crippen LogP contribution in [0.25, 0.3) is 6.08 Å². The Labute approximate surface area is 156 Å². The molecule has 1 aromatic carbocycles. The van der Waals surface area contributed by atoms with E-state index in [1.54, 1.807) is 18.2 Å². The van der Waals surface area contributed by atoms with Gasteiger partial charge in [0.25, 0.3) is 5.70 Å². The SMILES string of the molecule is CCOCC12C=CC(=O)CC1C([N+](=O)[O-])=Cc1ccc(OC)c(OS)c12. The Morgan fingerprint density at radius 2 is 2.19 bits per heavy atom. The van der Waals surface area contributed by atoms with E-state index in [1.807, 2.05) is 6.92 Å². The van der Waals surface area contributed by atoms with Crippen molar-refractivity contribution in [2.24, 2.45) is 5.92 Å². The number of carbonyl (C=O) groups is 1. The molecule has 0 bridgehead atoms. The molecule has 0 aliphatic heterocycles. The Bertz CT molecular complexity index is 818. The number of ether oxygens (including phenoxy) is 2. The molecule has 1 aromatic rings. The zero-order valence-corrected chi connectivity index (χ0v) is 15.3. The monoisotopic (exact) mass is 377 g/mol. The Kier molecular flexibility index (Phi) is 5.06. The van der Waals surface area contributed by atoms with Crippen LogP contribution >= 0.6 is 12.9 Å². The Balaban J connectivity index is 2.36. The first-order valence-corrected chi connectivity index (χ1v) is 8.53. The van der Waals surface area contributed by atoms with Crippen molar-refractivity contribution < 1.29 is 23.4 Å². The van der Waals surface area contributed by atoms with Gasteiger partial charge in [0.05, 0.1) is 30.0 Å². The molecule has 2 aliphatic carbocycles. The highest BCUT2D eigenvalue weighted by molar-refractivity contribution is 7.75. The van der Waals surface area contributed by atoms with Gasteiger partial charge in [0.1, 0.15) is 0 Å². The van der Waals surface area contributed by atoms with Gasteiger partial charge in [-0.2, -0.15) is 0 Å². The zero-order chi connectivity index (χ0) is 18.9. The first kappa shape index (κ1) is 18.5. The van der Waals surface area contributed by atoms with Crippen LogP contribution in [0.4, 0.5) is 0 Å². The Morgan fingerprint density at radius 1 is 1.42 bits per heavy atom. The molecule has 2 atom stereocenters. The van der Waals surface area contributed by atoms with Crippen LogP contribution in [0, 0.1) is 16.0 Å². The summed E-state index contributed by atoms with van der Waals surface area (Å²) >= 11 is 3.97. The highest BCUT2D eigenvalue weighted by Gasteiger charge is 2.53. The van der Waals surface area contributed by atoms with E-state index < -0.39 is 16.3 Å². The van der Waals surface area contributed by atoms with Crippen LogP contribution in [0.5, 0.6) is 11.5 Å². The number of benzene rings is 1. The molecule has 7 nitrogen and oxygen atoms in total. The number of ketones is 1. The minimum Gasteiger partial charge on any atom is -0.493 e. The second-order valence-electron chi connectivity index (χ2n) is 6.21. The van der Waals surface area contributed by atoms with Gasteiger partial charge >= 0.3 is 0 Å². The average Bonchev–Trinajstić information content (AvgIpc) is 2.64. The fraction of sp³-hybridized carbons (Fsp3) is 0.389. The molecular weight excluding hydrogens is 358 g/mol. The van der Waals surface area contributed by atoms with Crippen LogP contribution in [0.3, 0.4) is 0 Å². The smallest absolute Gasteiger partial charge is 0.251 e. The maximum absolute atomic E-state index is 12.0. The number of fused-ring (bicyclic) bond motifs is 3. The summed E-state index contributed by atoms with van der Waals surface area (Å²) in [5, 5.41) is 11.7. The fourth-order valence-electron chi connectivity index (χ4n) is 3.80. The van der Waals surface area contributed by atoms with Crippen molar-refractivity contribution in [3.63, 3.8) is 0 Å². The lowest BCUT2D eigenvalue weighted by Gasteiger charge is -2.42. The number of carbonyl (C=O) groups excluding carboxylic acids is 1. The second kappa shape index (κ2) is 7.13. The molecule has 8 heteroatoms.